The molecule has 9 heterocycles. The third-order valence-corrected chi connectivity index (χ3v) is 19.7. The second kappa shape index (κ2) is 28.3. The maximum Gasteiger partial charge on any atom is 0.339 e. The predicted octanol–water partition coefficient (Wildman–Crippen LogP) is 8.01. The van der Waals surface area contributed by atoms with Crippen molar-refractivity contribution in [2.24, 2.45) is 5.92 Å². The topological polar surface area (TPSA) is 344 Å². The summed E-state index contributed by atoms with van der Waals surface area (Å²) in [5.41, 5.74) is 4.16. The maximum atomic E-state index is 14.4. The SMILES string of the molecule is CNC(=O)C[C@@H]1NC(=O)c2csc(n2)-c2ccc(-c3nc(-[n+]4cc(CCCC(=O)O)ccc4CCC(=O)O)cs3)nc2-c2csc(n2)-c2csc(n2)[C@H]([C@@H](O)c2ccccc2)NC(=O)CNC(=O)c2nc(sc2COC)C(C(C)C)NC(=O)c2nc1sc2C. The molecule has 30 heteroatoms. The van der Waals surface area contributed by atoms with Gasteiger partial charge in [-0.1, -0.05) is 61.6 Å². The first-order valence-corrected chi connectivity index (χ1v) is 32.9. The number of pyridine rings is 2. The molecule has 0 fully saturated rings. The number of carboxylic acid groups (broad SMARTS) is 2. The minimum absolute atomic E-state index is 0.00615. The summed E-state index contributed by atoms with van der Waals surface area (Å²) in [5, 5.41) is 54.2. The van der Waals surface area contributed by atoms with Crippen molar-refractivity contribution in [2.45, 2.75) is 90.1 Å². The van der Waals surface area contributed by atoms with Gasteiger partial charge in [-0.2, -0.15) is 4.57 Å². The number of carbonyl (C=O) groups excluding carboxylic acids is 5. The van der Waals surface area contributed by atoms with Crippen molar-refractivity contribution in [1.29, 1.82) is 0 Å². The molecule has 4 atom stereocenters. The van der Waals surface area contributed by atoms with Crippen molar-refractivity contribution in [3.63, 3.8) is 0 Å². The van der Waals surface area contributed by atoms with Gasteiger partial charge in [0, 0.05) is 53.6 Å². The van der Waals surface area contributed by atoms with E-state index in [9.17, 15) is 48.9 Å². The highest BCUT2D eigenvalue weighted by Gasteiger charge is 2.33. The van der Waals surface area contributed by atoms with Crippen molar-refractivity contribution in [3.05, 3.63) is 141 Å². The molecule has 8 N–H and O–H groups in total. The first-order chi connectivity index (χ1) is 42.8. The molecule has 1 aromatic carbocycles. The van der Waals surface area contributed by atoms with E-state index in [2.05, 4.69) is 26.6 Å². The summed E-state index contributed by atoms with van der Waals surface area (Å²) < 4.78 is 7.26. The number of rotatable bonds is 16. The van der Waals surface area contributed by atoms with Crippen LogP contribution in [0, 0.1) is 12.8 Å². The summed E-state index contributed by atoms with van der Waals surface area (Å²) in [4.78, 5) is 128. The molecule has 1 aliphatic heterocycles. The quantitative estimate of drug-likeness (QED) is 0.0424. The summed E-state index contributed by atoms with van der Waals surface area (Å²) >= 11 is 7.20. The van der Waals surface area contributed by atoms with Gasteiger partial charge in [-0.15, -0.1) is 56.7 Å². The number of thiazole rings is 6. The molecule has 460 valence electrons. The molecule has 10 bridgehead atoms. The lowest BCUT2D eigenvalue weighted by molar-refractivity contribution is -0.608. The lowest BCUT2D eigenvalue weighted by Gasteiger charge is -2.23. The van der Waals surface area contributed by atoms with Crippen LogP contribution >= 0.6 is 68.0 Å². The molecule has 1 unspecified atom stereocenters. The first kappa shape index (κ1) is 63.5. The van der Waals surface area contributed by atoms with Gasteiger partial charge in [-0.3, -0.25) is 33.6 Å². The molecule has 5 amide bonds. The van der Waals surface area contributed by atoms with E-state index in [4.69, 9.17) is 39.6 Å². The molecule has 0 saturated carbocycles. The Hall–Kier alpha value is -8.49. The van der Waals surface area contributed by atoms with E-state index >= 15 is 0 Å². The minimum atomic E-state index is -1.29. The van der Waals surface area contributed by atoms with Gasteiger partial charge in [0.1, 0.15) is 82.7 Å². The molecule has 0 radical (unpaired) electrons. The number of aryl methyl sites for hydroxylation is 3. The number of benzene rings is 1. The van der Waals surface area contributed by atoms with Gasteiger partial charge < -0.3 is 46.6 Å². The Kier molecular flexibility index (Phi) is 20.2. The van der Waals surface area contributed by atoms with Crippen molar-refractivity contribution in [1.82, 2.24) is 61.5 Å². The number of aliphatic hydroxyl groups is 1. The molecule has 10 rings (SSSR count). The first-order valence-electron chi connectivity index (χ1n) is 27.7. The van der Waals surface area contributed by atoms with Gasteiger partial charge in [0.2, 0.25) is 11.8 Å². The minimum Gasteiger partial charge on any atom is -0.481 e. The van der Waals surface area contributed by atoms with Gasteiger partial charge in [0.15, 0.2) is 0 Å². The molecule has 8 aromatic heterocycles. The number of aliphatic hydroxyl groups excluding tert-OH is 1. The summed E-state index contributed by atoms with van der Waals surface area (Å²) in [7, 11) is 2.93. The fraction of sp³-hybridized carbons (Fsp3) is 0.305. The normalized spacial score (nSPS) is 16.0. The Morgan fingerprint density at radius 2 is 1.40 bits per heavy atom. The highest BCUT2D eigenvalue weighted by atomic mass is 32.1. The molecule has 0 spiro atoms. The van der Waals surface area contributed by atoms with E-state index in [1.807, 2.05) is 37.6 Å². The number of fused-ring (bicyclic) bond motifs is 14. The standard InChI is InChI=1S/C59H57N13O11S6/c1-28(2)45-59-71-48(39(89-59)23-83-5)52(81)61-21-42(74)68-49(50(79)31-11-7-6-8-12-31)58-66-38(26-86-58)56-64-36(24-85-56)47-33(54-65-37(25-84-54)51(80)63-35(20-41(73)60-4)57-70-46(29(3)88-57)53(82)69-45)17-18-34(62-47)55-67-40(27-87-55)72-22-30(10-9-13-43(75)76)14-15-32(72)16-19-44(77)78/h6-8,11-12,14-15,17-18,22,24-28,35,45,49-50,79H,9-10,13,16,19-21,23H2,1-5H3,(H6-,60,61,63,68,69,73,74,75,76,77,78,80,81,82)/p+1/t35-,45?,49-,50-/m0/s1. The van der Waals surface area contributed by atoms with Gasteiger partial charge in [0.25, 0.3) is 22.7 Å². The largest absolute Gasteiger partial charge is 0.481 e. The van der Waals surface area contributed by atoms with Crippen LogP contribution in [0.1, 0.15) is 137 Å². The smallest absolute Gasteiger partial charge is 0.339 e. The Bertz CT molecular complexity index is 4120. The number of hydrogen-bond acceptors (Lipinski definition) is 22. The summed E-state index contributed by atoms with van der Waals surface area (Å²) in [6.45, 7) is 4.93. The van der Waals surface area contributed by atoms with Crippen LogP contribution in [0.5, 0.6) is 0 Å². The Labute approximate surface area is 532 Å². The zero-order valence-corrected chi connectivity index (χ0v) is 53.2. The zero-order chi connectivity index (χ0) is 63.0. The van der Waals surface area contributed by atoms with E-state index in [-0.39, 0.29) is 60.3 Å². The van der Waals surface area contributed by atoms with E-state index in [1.165, 1.54) is 59.5 Å². The number of nitrogens with zero attached hydrogens (tertiary/aromatic N) is 8. The molecule has 0 saturated heterocycles. The van der Waals surface area contributed by atoms with Crippen molar-refractivity contribution < 1.29 is 58.2 Å². The molecular weight excluding hydrogens is 1260 g/mol. The number of ether oxygens (including phenoxy) is 1. The summed E-state index contributed by atoms with van der Waals surface area (Å²) in [5.74, 6) is -4.58. The van der Waals surface area contributed by atoms with Crippen molar-refractivity contribution in [2.75, 3.05) is 20.7 Å². The zero-order valence-electron chi connectivity index (χ0n) is 48.3. The molecule has 9 aromatic rings. The number of nitrogens with one attached hydrogen (secondary N) is 5. The van der Waals surface area contributed by atoms with Crippen LogP contribution in [0.25, 0.3) is 49.2 Å². The number of hydrogen-bond donors (Lipinski definition) is 8. The molecule has 0 aliphatic carbocycles. The van der Waals surface area contributed by atoms with E-state index in [1.54, 1.807) is 70.1 Å². The second-order valence-corrected chi connectivity index (χ2v) is 26.5. The monoisotopic (exact) mass is 1320 g/mol. The van der Waals surface area contributed by atoms with Crippen LogP contribution in [0.15, 0.2) is 82.3 Å². The van der Waals surface area contributed by atoms with Crippen LogP contribution < -0.4 is 31.2 Å². The lowest BCUT2D eigenvalue weighted by atomic mass is 10.0. The molecular formula is C59H58N13O11S6+. The van der Waals surface area contributed by atoms with E-state index in [0.717, 1.165) is 28.2 Å². The highest BCUT2D eigenvalue weighted by molar-refractivity contribution is 7.15. The van der Waals surface area contributed by atoms with Crippen molar-refractivity contribution in [3.8, 4) is 49.2 Å². The average Bonchev–Trinajstić information content (AvgIpc) is 1.77. The van der Waals surface area contributed by atoms with Gasteiger partial charge >= 0.3 is 17.8 Å². The van der Waals surface area contributed by atoms with Crippen LogP contribution in [-0.4, -0.2) is 112 Å². The van der Waals surface area contributed by atoms with Crippen LogP contribution in [0.3, 0.4) is 0 Å². The fourth-order valence-corrected chi connectivity index (χ4v) is 15.0. The maximum absolute atomic E-state index is 14.4. The third-order valence-electron chi connectivity index (χ3n) is 14.0. The number of methoxy groups -OCH3 is 1. The number of carboxylic acids is 2. The van der Waals surface area contributed by atoms with Gasteiger partial charge in [-0.25, -0.2) is 29.9 Å². The van der Waals surface area contributed by atoms with E-state index in [0.29, 0.717) is 93.0 Å². The summed E-state index contributed by atoms with van der Waals surface area (Å²) in [6, 6.07) is 13.1. The Balaban J connectivity index is 1.06. The van der Waals surface area contributed by atoms with E-state index < -0.39 is 72.2 Å². The lowest BCUT2D eigenvalue weighted by Crippen LogP contribution is -2.40. The summed E-state index contributed by atoms with van der Waals surface area (Å²) in [6.07, 6.45) is 1.22. The second-order valence-electron chi connectivity index (χ2n) is 20.7. The van der Waals surface area contributed by atoms with Crippen LogP contribution in [-0.2, 0) is 43.4 Å². The van der Waals surface area contributed by atoms with Gasteiger partial charge in [0.05, 0.1) is 54.5 Å². The predicted molar refractivity (Wildman–Crippen MR) is 335 cm³/mol. The highest BCUT2D eigenvalue weighted by Crippen LogP contribution is 2.40. The number of amides is 5. The third kappa shape index (κ3) is 15.0. The molecule has 1 aliphatic rings. The van der Waals surface area contributed by atoms with Crippen molar-refractivity contribution >= 4 is 109 Å². The van der Waals surface area contributed by atoms with Crippen LogP contribution in [0.2, 0.25) is 0 Å². The number of aliphatic carboxylic acids is 2. The number of carbonyl (C=O) groups is 7. The average molecular weight is 1320 g/mol. The van der Waals surface area contributed by atoms with Gasteiger partial charge in [-0.05, 0) is 60.0 Å². The Morgan fingerprint density at radius 1 is 0.685 bits per heavy atom. The molecule has 89 heavy (non-hydrogen) atoms. The fourth-order valence-electron chi connectivity index (χ4n) is 9.51. The van der Waals surface area contributed by atoms with Crippen LogP contribution in [0.4, 0.5) is 0 Å². The number of aromatic nitrogens is 8. The molecule has 24 nitrogen and oxygen atoms in total. The Morgan fingerprint density at radius 3 is 2.16 bits per heavy atom.